The first-order valence-electron chi connectivity index (χ1n) is 15.7. The van der Waals surface area contributed by atoms with Gasteiger partial charge in [-0.1, -0.05) is 66.2 Å². The molecule has 0 bridgehead atoms. The van der Waals surface area contributed by atoms with Crippen LogP contribution in [0.5, 0.6) is 0 Å². The van der Waals surface area contributed by atoms with Crippen LogP contribution in [0, 0.1) is 6.92 Å². The molecule has 5 rings (SSSR count). The molecule has 1 aliphatic heterocycles. The van der Waals surface area contributed by atoms with Gasteiger partial charge in [-0.2, -0.15) is 0 Å². The van der Waals surface area contributed by atoms with Gasteiger partial charge in [0.2, 0.25) is 5.91 Å². The van der Waals surface area contributed by atoms with E-state index in [1.807, 2.05) is 55.5 Å². The summed E-state index contributed by atoms with van der Waals surface area (Å²) in [7, 11) is 0. The van der Waals surface area contributed by atoms with E-state index in [0.717, 1.165) is 27.8 Å². The Morgan fingerprint density at radius 2 is 1.39 bits per heavy atom. The van der Waals surface area contributed by atoms with Gasteiger partial charge in [0.1, 0.15) is 17.7 Å². The predicted octanol–water partition coefficient (Wildman–Crippen LogP) is 5.15. The van der Waals surface area contributed by atoms with E-state index < -0.39 is 29.2 Å². The Morgan fingerprint density at radius 3 is 1.98 bits per heavy atom. The van der Waals surface area contributed by atoms with Crippen LogP contribution in [-0.4, -0.2) is 72.8 Å². The van der Waals surface area contributed by atoms with Crippen molar-refractivity contribution >= 4 is 24.0 Å². The minimum absolute atomic E-state index is 0.104. The van der Waals surface area contributed by atoms with Crippen LogP contribution in [0.25, 0.3) is 11.1 Å². The molecule has 2 aliphatic rings. The van der Waals surface area contributed by atoms with Gasteiger partial charge >= 0.3 is 12.2 Å². The van der Waals surface area contributed by atoms with Crippen LogP contribution >= 0.6 is 0 Å². The monoisotopic (exact) mass is 626 g/mol. The van der Waals surface area contributed by atoms with Crippen LogP contribution in [0.3, 0.4) is 0 Å². The number of benzene rings is 3. The first-order valence-corrected chi connectivity index (χ1v) is 15.7. The largest absolute Gasteiger partial charge is 0.449 e. The number of nitrogens with one attached hydrogen (secondary N) is 3. The highest BCUT2D eigenvalue weighted by Gasteiger charge is 2.45. The Hall–Kier alpha value is -4.86. The summed E-state index contributed by atoms with van der Waals surface area (Å²) < 4.78 is 11.3. The molecule has 4 amide bonds. The number of likely N-dealkylation sites (tertiary alicyclic amines) is 1. The Morgan fingerprint density at radius 1 is 0.826 bits per heavy atom. The van der Waals surface area contributed by atoms with E-state index >= 15 is 0 Å². The van der Waals surface area contributed by atoms with Crippen molar-refractivity contribution < 1.29 is 28.7 Å². The molecule has 0 unspecified atom stereocenters. The number of nitrogens with zero attached hydrogens (tertiary/aromatic N) is 1. The molecule has 0 saturated carbocycles. The first kappa shape index (κ1) is 32.5. The molecule has 1 fully saturated rings. The van der Waals surface area contributed by atoms with Crippen LogP contribution in [0.2, 0.25) is 0 Å². The van der Waals surface area contributed by atoms with Crippen LogP contribution < -0.4 is 16.0 Å². The van der Waals surface area contributed by atoms with Crippen molar-refractivity contribution in [3.05, 3.63) is 95.1 Å². The van der Waals surface area contributed by atoms with Gasteiger partial charge in [-0.15, -0.1) is 0 Å². The summed E-state index contributed by atoms with van der Waals surface area (Å²) in [4.78, 5) is 53.8. The summed E-state index contributed by atoms with van der Waals surface area (Å²) in [5.41, 5.74) is 4.01. The summed E-state index contributed by atoms with van der Waals surface area (Å²) in [6.07, 6.45) is -0.854. The van der Waals surface area contributed by atoms with Crippen molar-refractivity contribution in [2.75, 3.05) is 32.8 Å². The number of carbonyl (C=O) groups is 4. The number of carbonyl (C=O) groups excluding carboxylic acids is 4. The molecule has 242 valence electrons. The van der Waals surface area contributed by atoms with Gasteiger partial charge in [0.05, 0.1) is 0 Å². The maximum atomic E-state index is 13.7. The van der Waals surface area contributed by atoms with Gasteiger partial charge in [0.25, 0.3) is 5.91 Å². The third-order valence-electron chi connectivity index (χ3n) is 8.40. The average molecular weight is 627 g/mol. The summed E-state index contributed by atoms with van der Waals surface area (Å²) in [5, 5.41) is 8.52. The van der Waals surface area contributed by atoms with Gasteiger partial charge in [0, 0.05) is 37.7 Å². The lowest BCUT2D eigenvalue weighted by atomic mass is 9.86. The summed E-state index contributed by atoms with van der Waals surface area (Å²) in [5.74, 6) is -0.782. The van der Waals surface area contributed by atoms with E-state index in [1.54, 1.807) is 32.9 Å². The number of alkyl carbamates (subject to hydrolysis) is 1. The quantitative estimate of drug-likeness (QED) is 0.297. The standard InChI is InChI=1S/C36H42N4O6/c1-24-13-15-25(16-14-24)31(41)37-19-20-38-32(42)36(17-21-40(22-18-36)34(44)46-35(2,3)4)39-33(43)45-23-30-28-11-7-5-9-26(28)27-10-6-8-12-29(27)30/h5-16,30H,17-23H2,1-4H3,(H,37,41)(H,38,42)(H,39,43). The van der Waals surface area contributed by atoms with Crippen LogP contribution in [0.1, 0.15) is 66.6 Å². The summed E-state index contributed by atoms with van der Waals surface area (Å²) in [6, 6.07) is 23.3. The van der Waals surface area contributed by atoms with Crippen LogP contribution in [0.15, 0.2) is 72.8 Å². The second-order valence-corrected chi connectivity index (χ2v) is 12.9. The lowest BCUT2D eigenvalue weighted by Crippen LogP contribution is -2.64. The lowest BCUT2D eigenvalue weighted by molar-refractivity contribution is -0.129. The fraction of sp³-hybridized carbons (Fsp3) is 0.389. The van der Waals surface area contributed by atoms with E-state index in [2.05, 4.69) is 28.1 Å². The highest BCUT2D eigenvalue weighted by molar-refractivity contribution is 5.94. The zero-order valence-corrected chi connectivity index (χ0v) is 26.9. The average Bonchev–Trinajstić information content (AvgIpc) is 3.35. The van der Waals surface area contributed by atoms with Crippen molar-refractivity contribution in [2.45, 2.75) is 57.6 Å². The van der Waals surface area contributed by atoms with E-state index in [0.29, 0.717) is 5.56 Å². The Kier molecular flexibility index (Phi) is 9.65. The van der Waals surface area contributed by atoms with Crippen LogP contribution in [0.4, 0.5) is 9.59 Å². The van der Waals surface area contributed by atoms with Gasteiger partial charge in [-0.05, 0) is 74.9 Å². The van der Waals surface area contributed by atoms with E-state index in [9.17, 15) is 19.2 Å². The first-order chi connectivity index (χ1) is 22.0. The molecule has 3 aromatic carbocycles. The Balaban J connectivity index is 1.23. The number of ether oxygens (including phenoxy) is 2. The molecule has 3 N–H and O–H groups in total. The molecule has 1 heterocycles. The fourth-order valence-electron chi connectivity index (χ4n) is 5.96. The topological polar surface area (TPSA) is 126 Å². The molecule has 10 nitrogen and oxygen atoms in total. The van der Waals surface area contributed by atoms with Gasteiger partial charge < -0.3 is 30.3 Å². The number of hydrogen-bond acceptors (Lipinski definition) is 6. The summed E-state index contributed by atoms with van der Waals surface area (Å²) in [6.45, 7) is 8.19. The SMILES string of the molecule is Cc1ccc(C(=O)NCCNC(=O)C2(NC(=O)OCC3c4ccccc4-c4ccccc43)CCN(C(=O)OC(C)(C)C)CC2)cc1. The minimum Gasteiger partial charge on any atom is -0.449 e. The summed E-state index contributed by atoms with van der Waals surface area (Å²) >= 11 is 0. The molecule has 46 heavy (non-hydrogen) atoms. The molecule has 0 aromatic heterocycles. The number of hydrogen-bond donors (Lipinski definition) is 3. The molecule has 0 spiro atoms. The second-order valence-electron chi connectivity index (χ2n) is 12.9. The maximum Gasteiger partial charge on any atom is 0.410 e. The van der Waals surface area contributed by atoms with Crippen molar-refractivity contribution in [1.29, 1.82) is 0 Å². The van der Waals surface area contributed by atoms with Crippen LogP contribution in [-0.2, 0) is 14.3 Å². The zero-order chi connectivity index (χ0) is 32.9. The molecule has 3 aromatic rings. The molecule has 1 saturated heterocycles. The minimum atomic E-state index is -1.32. The highest BCUT2D eigenvalue weighted by Crippen LogP contribution is 2.44. The third kappa shape index (κ3) is 7.50. The number of piperidine rings is 1. The number of amides is 4. The van der Waals surface area contributed by atoms with Crippen molar-refractivity contribution in [3.63, 3.8) is 0 Å². The predicted molar refractivity (Wildman–Crippen MR) is 174 cm³/mol. The van der Waals surface area contributed by atoms with E-state index in [4.69, 9.17) is 9.47 Å². The fourth-order valence-corrected chi connectivity index (χ4v) is 5.96. The molecular weight excluding hydrogens is 584 g/mol. The molecule has 0 atom stereocenters. The molecule has 10 heteroatoms. The van der Waals surface area contributed by atoms with Crippen molar-refractivity contribution in [3.8, 4) is 11.1 Å². The van der Waals surface area contributed by atoms with Gasteiger partial charge in [-0.3, -0.25) is 9.59 Å². The Labute approximate surface area is 269 Å². The normalized spacial score (nSPS) is 15.3. The lowest BCUT2D eigenvalue weighted by Gasteiger charge is -2.41. The van der Waals surface area contributed by atoms with Crippen molar-refractivity contribution in [1.82, 2.24) is 20.9 Å². The molecular formula is C36H42N4O6. The molecule has 0 radical (unpaired) electrons. The number of rotatable bonds is 8. The number of fused-ring (bicyclic) bond motifs is 3. The van der Waals surface area contributed by atoms with Gasteiger partial charge in [0.15, 0.2) is 0 Å². The van der Waals surface area contributed by atoms with E-state index in [1.165, 1.54) is 4.90 Å². The van der Waals surface area contributed by atoms with Crippen molar-refractivity contribution in [2.24, 2.45) is 0 Å². The maximum absolute atomic E-state index is 13.7. The smallest absolute Gasteiger partial charge is 0.410 e. The number of aryl methyl sites for hydroxylation is 1. The zero-order valence-electron chi connectivity index (χ0n) is 26.9. The molecule has 1 aliphatic carbocycles. The Bertz CT molecular complexity index is 1540. The highest BCUT2D eigenvalue weighted by atomic mass is 16.6. The second kappa shape index (κ2) is 13.6. The van der Waals surface area contributed by atoms with Gasteiger partial charge in [-0.25, -0.2) is 9.59 Å². The third-order valence-corrected chi connectivity index (χ3v) is 8.40. The van der Waals surface area contributed by atoms with E-state index in [-0.39, 0.29) is 57.5 Å².